The maximum absolute atomic E-state index is 12.3. The molecule has 0 fully saturated rings. The second-order valence-corrected chi connectivity index (χ2v) is 6.61. The number of aliphatic carboxylic acids is 1. The number of carbonyl (C=O) groups is 1. The molecule has 0 saturated heterocycles. The van der Waals surface area contributed by atoms with Gasteiger partial charge in [-0.25, -0.2) is 8.42 Å². The Labute approximate surface area is 124 Å². The monoisotopic (exact) mass is 319 g/mol. The molecule has 1 rings (SSSR count). The Bertz CT molecular complexity index is 586. The first-order valence-corrected chi connectivity index (χ1v) is 8.16. The van der Waals surface area contributed by atoms with Gasteiger partial charge in [0, 0.05) is 5.02 Å². The first-order valence-electron chi connectivity index (χ1n) is 6.30. The van der Waals surface area contributed by atoms with E-state index in [4.69, 9.17) is 16.7 Å². The van der Waals surface area contributed by atoms with E-state index in [1.54, 1.807) is 13.0 Å². The summed E-state index contributed by atoms with van der Waals surface area (Å²) in [5.74, 6) is -1.18. The molecule has 7 heteroatoms. The van der Waals surface area contributed by atoms with Crippen LogP contribution in [-0.2, 0) is 14.8 Å². The molecular weight excluding hydrogens is 302 g/mol. The number of halogens is 1. The number of sulfonamides is 1. The van der Waals surface area contributed by atoms with E-state index >= 15 is 0 Å². The smallest absolute Gasteiger partial charge is 0.321 e. The molecule has 1 aromatic rings. The van der Waals surface area contributed by atoms with Gasteiger partial charge in [0.05, 0.1) is 4.90 Å². The molecule has 0 radical (unpaired) electrons. The van der Waals surface area contributed by atoms with Crippen LogP contribution in [0.2, 0.25) is 5.02 Å². The summed E-state index contributed by atoms with van der Waals surface area (Å²) >= 11 is 5.89. The Morgan fingerprint density at radius 1 is 1.45 bits per heavy atom. The van der Waals surface area contributed by atoms with Crippen LogP contribution in [0.4, 0.5) is 0 Å². The van der Waals surface area contributed by atoms with Crippen LogP contribution in [0.15, 0.2) is 23.1 Å². The first-order chi connectivity index (χ1) is 9.29. The third-order valence-corrected chi connectivity index (χ3v) is 4.97. The molecule has 1 atom stereocenters. The molecule has 0 saturated carbocycles. The highest BCUT2D eigenvalue weighted by Gasteiger charge is 2.26. The van der Waals surface area contributed by atoms with Crippen LogP contribution in [0, 0.1) is 6.92 Å². The summed E-state index contributed by atoms with van der Waals surface area (Å²) in [6.45, 7) is 3.49. The lowest BCUT2D eigenvalue weighted by Crippen LogP contribution is -2.40. The SMILES string of the molecule is CCCC[C@H](NS(=O)(=O)c1cccc(Cl)c1C)C(=O)O. The summed E-state index contributed by atoms with van der Waals surface area (Å²) in [7, 11) is -3.90. The lowest BCUT2D eigenvalue weighted by Gasteiger charge is -2.16. The van der Waals surface area contributed by atoms with Gasteiger partial charge in [0.15, 0.2) is 0 Å². The molecule has 0 bridgehead atoms. The Morgan fingerprint density at radius 3 is 2.65 bits per heavy atom. The minimum atomic E-state index is -3.90. The lowest BCUT2D eigenvalue weighted by atomic mass is 10.1. The van der Waals surface area contributed by atoms with Crippen molar-refractivity contribution in [2.75, 3.05) is 0 Å². The number of hydrogen-bond donors (Lipinski definition) is 2. The van der Waals surface area contributed by atoms with Crippen molar-refractivity contribution in [1.82, 2.24) is 4.72 Å². The zero-order valence-electron chi connectivity index (χ0n) is 11.4. The van der Waals surface area contributed by atoms with Crippen molar-refractivity contribution in [2.45, 2.75) is 44.0 Å². The Kier molecular flexibility index (Phi) is 5.98. The summed E-state index contributed by atoms with van der Waals surface area (Å²) < 4.78 is 26.7. The van der Waals surface area contributed by atoms with Crippen molar-refractivity contribution in [2.24, 2.45) is 0 Å². The molecule has 5 nitrogen and oxygen atoms in total. The number of carboxylic acid groups (broad SMARTS) is 1. The maximum atomic E-state index is 12.3. The number of nitrogens with one attached hydrogen (secondary N) is 1. The minimum Gasteiger partial charge on any atom is -0.480 e. The van der Waals surface area contributed by atoms with Gasteiger partial charge < -0.3 is 5.11 Å². The number of hydrogen-bond acceptors (Lipinski definition) is 3. The van der Waals surface area contributed by atoms with E-state index in [9.17, 15) is 13.2 Å². The van der Waals surface area contributed by atoms with Gasteiger partial charge in [-0.15, -0.1) is 0 Å². The van der Waals surface area contributed by atoms with Crippen molar-refractivity contribution in [1.29, 1.82) is 0 Å². The van der Waals surface area contributed by atoms with Crippen LogP contribution in [0.3, 0.4) is 0 Å². The van der Waals surface area contributed by atoms with E-state index < -0.39 is 22.0 Å². The van der Waals surface area contributed by atoms with Gasteiger partial charge in [0.2, 0.25) is 10.0 Å². The van der Waals surface area contributed by atoms with E-state index in [1.807, 2.05) is 6.92 Å². The molecule has 0 aliphatic heterocycles. The number of rotatable bonds is 7. The van der Waals surface area contributed by atoms with E-state index in [1.165, 1.54) is 12.1 Å². The third-order valence-electron chi connectivity index (χ3n) is 2.95. The number of benzene rings is 1. The molecule has 0 amide bonds. The zero-order chi connectivity index (χ0) is 15.3. The summed E-state index contributed by atoms with van der Waals surface area (Å²) in [5.41, 5.74) is 0.404. The predicted molar refractivity (Wildman–Crippen MR) is 77.5 cm³/mol. The normalized spacial score (nSPS) is 13.2. The van der Waals surface area contributed by atoms with Gasteiger partial charge in [-0.2, -0.15) is 4.72 Å². The second-order valence-electron chi connectivity index (χ2n) is 4.52. The predicted octanol–water partition coefficient (Wildman–Crippen LogP) is 2.57. The van der Waals surface area contributed by atoms with E-state index in [-0.39, 0.29) is 11.3 Å². The first kappa shape index (κ1) is 16.9. The molecule has 1 aromatic carbocycles. The minimum absolute atomic E-state index is 0.00717. The second kappa shape index (κ2) is 7.06. The summed E-state index contributed by atoms with van der Waals surface area (Å²) in [5, 5.41) is 9.41. The van der Waals surface area contributed by atoms with Crippen LogP contribution in [0.1, 0.15) is 31.7 Å². The van der Waals surface area contributed by atoms with Gasteiger partial charge in [0.1, 0.15) is 6.04 Å². The van der Waals surface area contributed by atoms with Gasteiger partial charge >= 0.3 is 5.97 Å². The Hall–Kier alpha value is -1.11. The Balaban J connectivity index is 3.04. The van der Waals surface area contributed by atoms with Crippen molar-refractivity contribution in [3.63, 3.8) is 0 Å². The fourth-order valence-electron chi connectivity index (χ4n) is 1.77. The standard InChI is InChI=1S/C13H18ClNO4S/c1-3-4-7-11(13(16)17)15-20(18,19)12-8-5-6-10(14)9(12)2/h5-6,8,11,15H,3-4,7H2,1-2H3,(H,16,17)/t11-/m0/s1. The molecular formula is C13H18ClNO4S. The van der Waals surface area contributed by atoms with Gasteiger partial charge in [0.25, 0.3) is 0 Å². The van der Waals surface area contributed by atoms with Crippen LogP contribution >= 0.6 is 11.6 Å². The quantitative estimate of drug-likeness (QED) is 0.809. The van der Waals surface area contributed by atoms with Crippen molar-refractivity contribution in [3.05, 3.63) is 28.8 Å². The lowest BCUT2D eigenvalue weighted by molar-refractivity contribution is -0.139. The third kappa shape index (κ3) is 4.19. The van der Waals surface area contributed by atoms with Crippen LogP contribution < -0.4 is 4.72 Å². The summed E-state index contributed by atoms with van der Waals surface area (Å²) in [6, 6.07) is 3.38. The largest absolute Gasteiger partial charge is 0.480 e. The van der Waals surface area contributed by atoms with Gasteiger partial charge in [-0.1, -0.05) is 37.4 Å². The highest BCUT2D eigenvalue weighted by atomic mass is 35.5. The average Bonchev–Trinajstić information content (AvgIpc) is 2.37. The van der Waals surface area contributed by atoms with Gasteiger partial charge in [-0.3, -0.25) is 4.79 Å². The molecule has 0 aliphatic rings. The molecule has 0 heterocycles. The van der Waals surface area contributed by atoms with Crippen molar-refractivity contribution < 1.29 is 18.3 Å². The molecule has 20 heavy (non-hydrogen) atoms. The topological polar surface area (TPSA) is 83.5 Å². The Morgan fingerprint density at radius 2 is 2.10 bits per heavy atom. The highest BCUT2D eigenvalue weighted by Crippen LogP contribution is 2.23. The van der Waals surface area contributed by atoms with Crippen LogP contribution in [0.25, 0.3) is 0 Å². The molecule has 0 unspecified atom stereocenters. The molecule has 0 spiro atoms. The fourth-order valence-corrected chi connectivity index (χ4v) is 3.49. The zero-order valence-corrected chi connectivity index (χ0v) is 13.0. The highest BCUT2D eigenvalue weighted by molar-refractivity contribution is 7.89. The summed E-state index contributed by atoms with van der Waals surface area (Å²) in [4.78, 5) is 11.1. The van der Waals surface area contributed by atoms with Crippen LogP contribution in [0.5, 0.6) is 0 Å². The number of unbranched alkanes of at least 4 members (excludes halogenated alkanes) is 1. The van der Waals surface area contributed by atoms with Crippen molar-refractivity contribution >= 4 is 27.6 Å². The van der Waals surface area contributed by atoms with E-state index in [2.05, 4.69) is 4.72 Å². The molecule has 0 aliphatic carbocycles. The molecule has 112 valence electrons. The van der Waals surface area contributed by atoms with Crippen LogP contribution in [-0.4, -0.2) is 25.5 Å². The maximum Gasteiger partial charge on any atom is 0.321 e. The van der Waals surface area contributed by atoms with E-state index in [0.29, 0.717) is 17.0 Å². The summed E-state index contributed by atoms with van der Waals surface area (Å²) in [6.07, 6.45) is 1.68. The van der Waals surface area contributed by atoms with Crippen molar-refractivity contribution in [3.8, 4) is 0 Å². The van der Waals surface area contributed by atoms with Gasteiger partial charge in [-0.05, 0) is 31.0 Å². The molecule has 2 N–H and O–H groups in total. The fraction of sp³-hybridized carbons (Fsp3) is 0.462. The number of carboxylic acids is 1. The average molecular weight is 320 g/mol. The van der Waals surface area contributed by atoms with E-state index in [0.717, 1.165) is 6.42 Å². The molecule has 0 aromatic heterocycles.